The minimum atomic E-state index is -0.913. The van der Waals surface area contributed by atoms with Crippen LogP contribution >= 0.6 is 15.9 Å². The molecule has 2 aromatic rings. The van der Waals surface area contributed by atoms with Crippen LogP contribution in [0.3, 0.4) is 0 Å². The zero-order valence-corrected chi connectivity index (χ0v) is 11.7. The predicted octanol–water partition coefficient (Wildman–Crippen LogP) is 2.11. The van der Waals surface area contributed by atoms with E-state index in [4.69, 9.17) is 10.3 Å². The Kier molecular flexibility index (Phi) is 3.79. The van der Waals surface area contributed by atoms with Gasteiger partial charge in [-0.1, -0.05) is 21.1 Å². The highest BCUT2D eigenvalue weighted by molar-refractivity contribution is 9.10. The van der Waals surface area contributed by atoms with Crippen LogP contribution in [0.1, 0.15) is 23.1 Å². The number of nitrogens with zero attached hydrogens (tertiary/aromatic N) is 2. The molecule has 0 saturated carbocycles. The lowest BCUT2D eigenvalue weighted by molar-refractivity contribution is 0.141. The maximum Gasteiger partial charge on any atom is 0.257 e. The molecule has 0 amide bonds. The first-order valence-electron chi connectivity index (χ1n) is 5.51. The van der Waals surface area contributed by atoms with Crippen molar-refractivity contribution in [2.24, 2.45) is 5.73 Å². The molecule has 0 aliphatic rings. The Hall–Kier alpha value is -1.24. The molecule has 6 heteroatoms. The van der Waals surface area contributed by atoms with Gasteiger partial charge >= 0.3 is 0 Å². The predicted molar refractivity (Wildman–Crippen MR) is 70.9 cm³/mol. The van der Waals surface area contributed by atoms with E-state index in [0.29, 0.717) is 5.82 Å². The molecule has 0 aliphatic carbocycles. The molecule has 0 fully saturated rings. The van der Waals surface area contributed by atoms with Gasteiger partial charge in [-0.15, -0.1) is 0 Å². The second kappa shape index (κ2) is 5.17. The Morgan fingerprint density at radius 1 is 1.39 bits per heavy atom. The number of benzene rings is 1. The standard InChI is InChI=1S/C12H14BrN3O2/c1-6-3-8(4-7(2)10(6)13)11-15-12(18-16-11)9(17)5-14/h3-4,9,17H,5,14H2,1-2H3. The normalized spacial score (nSPS) is 12.7. The van der Waals surface area contributed by atoms with E-state index in [0.717, 1.165) is 21.2 Å². The molecule has 1 aromatic carbocycles. The zero-order chi connectivity index (χ0) is 13.3. The summed E-state index contributed by atoms with van der Waals surface area (Å²) in [5.74, 6) is 0.599. The average Bonchev–Trinajstić information content (AvgIpc) is 2.84. The lowest BCUT2D eigenvalue weighted by Crippen LogP contribution is -2.11. The van der Waals surface area contributed by atoms with Gasteiger partial charge in [0.1, 0.15) is 6.10 Å². The van der Waals surface area contributed by atoms with Gasteiger partial charge in [0.05, 0.1) is 0 Å². The van der Waals surface area contributed by atoms with Crippen LogP contribution in [0.5, 0.6) is 0 Å². The number of aromatic nitrogens is 2. The Balaban J connectivity index is 2.40. The number of aliphatic hydroxyl groups is 1. The van der Waals surface area contributed by atoms with E-state index < -0.39 is 6.10 Å². The van der Waals surface area contributed by atoms with Crippen molar-refractivity contribution < 1.29 is 9.63 Å². The first kappa shape index (κ1) is 13.2. The number of halogens is 1. The van der Waals surface area contributed by atoms with Gasteiger partial charge < -0.3 is 15.4 Å². The summed E-state index contributed by atoms with van der Waals surface area (Å²) in [7, 11) is 0. The Morgan fingerprint density at radius 2 is 2.00 bits per heavy atom. The summed E-state index contributed by atoms with van der Waals surface area (Å²) in [4.78, 5) is 4.14. The molecule has 0 bridgehead atoms. The SMILES string of the molecule is Cc1cc(-c2noc(C(O)CN)n2)cc(C)c1Br. The zero-order valence-electron chi connectivity index (χ0n) is 10.1. The summed E-state index contributed by atoms with van der Waals surface area (Å²) in [6.07, 6.45) is -0.913. The molecule has 0 aliphatic heterocycles. The summed E-state index contributed by atoms with van der Waals surface area (Å²) in [6, 6.07) is 3.92. The molecule has 96 valence electrons. The van der Waals surface area contributed by atoms with Crippen molar-refractivity contribution in [2.75, 3.05) is 6.54 Å². The van der Waals surface area contributed by atoms with E-state index in [1.807, 2.05) is 26.0 Å². The van der Waals surface area contributed by atoms with Crippen molar-refractivity contribution in [3.05, 3.63) is 33.6 Å². The van der Waals surface area contributed by atoms with Crippen LogP contribution in [0, 0.1) is 13.8 Å². The molecule has 1 heterocycles. The maximum atomic E-state index is 9.51. The molecule has 5 nitrogen and oxygen atoms in total. The van der Waals surface area contributed by atoms with Crippen LogP contribution in [-0.2, 0) is 0 Å². The summed E-state index contributed by atoms with van der Waals surface area (Å²) in [6.45, 7) is 4.05. The minimum Gasteiger partial charge on any atom is -0.382 e. The van der Waals surface area contributed by atoms with Crippen molar-refractivity contribution >= 4 is 15.9 Å². The highest BCUT2D eigenvalue weighted by Gasteiger charge is 2.16. The molecule has 0 saturated heterocycles. The molecule has 1 aromatic heterocycles. The molecule has 0 radical (unpaired) electrons. The smallest absolute Gasteiger partial charge is 0.257 e. The number of aryl methyl sites for hydroxylation is 2. The molecule has 3 N–H and O–H groups in total. The maximum absolute atomic E-state index is 9.51. The largest absolute Gasteiger partial charge is 0.382 e. The monoisotopic (exact) mass is 311 g/mol. The average molecular weight is 312 g/mol. The fourth-order valence-electron chi connectivity index (χ4n) is 1.66. The van der Waals surface area contributed by atoms with E-state index in [1.54, 1.807) is 0 Å². The van der Waals surface area contributed by atoms with E-state index >= 15 is 0 Å². The van der Waals surface area contributed by atoms with Crippen molar-refractivity contribution in [3.8, 4) is 11.4 Å². The summed E-state index contributed by atoms with van der Waals surface area (Å²) < 4.78 is 6.05. The Morgan fingerprint density at radius 3 is 2.56 bits per heavy atom. The molecule has 18 heavy (non-hydrogen) atoms. The number of nitrogens with two attached hydrogens (primary N) is 1. The van der Waals surface area contributed by atoms with Gasteiger partial charge in [0, 0.05) is 16.6 Å². The third kappa shape index (κ3) is 2.45. The van der Waals surface area contributed by atoms with Gasteiger partial charge in [0.25, 0.3) is 5.89 Å². The van der Waals surface area contributed by atoms with E-state index in [-0.39, 0.29) is 12.4 Å². The molecular weight excluding hydrogens is 298 g/mol. The van der Waals surface area contributed by atoms with Crippen molar-refractivity contribution in [1.29, 1.82) is 0 Å². The third-order valence-corrected chi connectivity index (χ3v) is 3.90. The second-order valence-corrected chi connectivity index (χ2v) is 4.92. The van der Waals surface area contributed by atoms with E-state index in [2.05, 4.69) is 26.1 Å². The van der Waals surface area contributed by atoms with E-state index in [1.165, 1.54) is 0 Å². The molecule has 2 rings (SSSR count). The van der Waals surface area contributed by atoms with Crippen LogP contribution in [0.15, 0.2) is 21.1 Å². The van der Waals surface area contributed by atoms with Crippen LogP contribution in [-0.4, -0.2) is 21.8 Å². The van der Waals surface area contributed by atoms with Gasteiger partial charge in [-0.05, 0) is 37.1 Å². The van der Waals surface area contributed by atoms with Crippen LogP contribution in [0.25, 0.3) is 11.4 Å². The van der Waals surface area contributed by atoms with Crippen molar-refractivity contribution in [1.82, 2.24) is 10.1 Å². The first-order valence-corrected chi connectivity index (χ1v) is 6.31. The molecular formula is C12H14BrN3O2. The summed E-state index contributed by atoms with van der Waals surface area (Å²) in [5.41, 5.74) is 8.38. The summed E-state index contributed by atoms with van der Waals surface area (Å²) in [5, 5.41) is 13.4. The second-order valence-electron chi connectivity index (χ2n) is 4.13. The number of hydrogen-bond acceptors (Lipinski definition) is 5. The van der Waals surface area contributed by atoms with Crippen LogP contribution < -0.4 is 5.73 Å². The quantitative estimate of drug-likeness (QED) is 0.906. The minimum absolute atomic E-state index is 0.0556. The van der Waals surface area contributed by atoms with Gasteiger partial charge in [0.2, 0.25) is 5.82 Å². The van der Waals surface area contributed by atoms with E-state index in [9.17, 15) is 5.11 Å². The Bertz CT molecular complexity index is 545. The fraction of sp³-hybridized carbons (Fsp3) is 0.333. The topological polar surface area (TPSA) is 85.2 Å². The summed E-state index contributed by atoms with van der Waals surface area (Å²) >= 11 is 3.50. The van der Waals surface area contributed by atoms with Gasteiger partial charge in [-0.3, -0.25) is 0 Å². The van der Waals surface area contributed by atoms with Crippen LogP contribution in [0.2, 0.25) is 0 Å². The Labute approximate surface area is 113 Å². The number of aliphatic hydroxyl groups excluding tert-OH is 1. The number of rotatable bonds is 3. The fourth-order valence-corrected chi connectivity index (χ4v) is 1.89. The van der Waals surface area contributed by atoms with Crippen LogP contribution in [0.4, 0.5) is 0 Å². The first-order chi connectivity index (χ1) is 8.52. The lowest BCUT2D eigenvalue weighted by Gasteiger charge is -2.04. The number of hydrogen-bond donors (Lipinski definition) is 2. The highest BCUT2D eigenvalue weighted by Crippen LogP contribution is 2.27. The van der Waals surface area contributed by atoms with Gasteiger partial charge in [0.15, 0.2) is 0 Å². The van der Waals surface area contributed by atoms with Gasteiger partial charge in [-0.25, -0.2) is 0 Å². The van der Waals surface area contributed by atoms with Gasteiger partial charge in [-0.2, -0.15) is 4.98 Å². The molecule has 0 spiro atoms. The van der Waals surface area contributed by atoms with Crippen molar-refractivity contribution in [3.63, 3.8) is 0 Å². The molecule has 1 unspecified atom stereocenters. The highest BCUT2D eigenvalue weighted by atomic mass is 79.9. The van der Waals surface area contributed by atoms with Crippen molar-refractivity contribution in [2.45, 2.75) is 20.0 Å². The lowest BCUT2D eigenvalue weighted by atomic mass is 10.1. The third-order valence-electron chi connectivity index (χ3n) is 2.64. The molecule has 1 atom stereocenters.